The fourth-order valence-electron chi connectivity index (χ4n) is 1.74. The smallest absolute Gasteiger partial charge is 0.316 e. The van der Waals surface area contributed by atoms with E-state index in [1.165, 1.54) is 0 Å². The lowest BCUT2D eigenvalue weighted by Gasteiger charge is -2.15. The first-order valence-electron chi connectivity index (χ1n) is 5.18. The van der Waals surface area contributed by atoms with Gasteiger partial charge < -0.3 is 10.0 Å². The Morgan fingerprint density at radius 2 is 2.29 bits per heavy atom. The van der Waals surface area contributed by atoms with Crippen molar-refractivity contribution in [3.8, 4) is 0 Å². The second-order valence-electron chi connectivity index (χ2n) is 3.71. The monoisotopic (exact) mass is 199 g/mol. The Bertz CT molecular complexity index is 227. The molecule has 4 heteroatoms. The van der Waals surface area contributed by atoms with Crippen molar-refractivity contribution in [2.45, 2.75) is 32.6 Å². The summed E-state index contributed by atoms with van der Waals surface area (Å²) in [6.07, 6.45) is 3.67. The average Bonchev–Trinajstić information content (AvgIpc) is 2.48. The zero-order chi connectivity index (χ0) is 10.6. The largest absolute Gasteiger partial charge is 0.481 e. The standard InChI is InChI=1S/C10H17NO3/c1-2-3-4-6-11-7-5-8(9(11)12)10(13)14/h8H,2-7H2,1H3,(H,13,14). The van der Waals surface area contributed by atoms with Gasteiger partial charge in [0, 0.05) is 13.1 Å². The van der Waals surface area contributed by atoms with Crippen LogP contribution >= 0.6 is 0 Å². The van der Waals surface area contributed by atoms with Gasteiger partial charge in [0.1, 0.15) is 5.92 Å². The predicted octanol–water partition coefficient (Wildman–Crippen LogP) is 1.11. The Hall–Kier alpha value is -1.06. The van der Waals surface area contributed by atoms with Crippen LogP contribution < -0.4 is 0 Å². The second kappa shape index (κ2) is 4.98. The van der Waals surface area contributed by atoms with Crippen LogP contribution in [0.1, 0.15) is 32.6 Å². The van der Waals surface area contributed by atoms with Crippen molar-refractivity contribution in [3.63, 3.8) is 0 Å². The molecule has 0 saturated carbocycles. The lowest BCUT2D eigenvalue weighted by Crippen LogP contribution is -2.31. The molecule has 80 valence electrons. The van der Waals surface area contributed by atoms with Crippen LogP contribution in [0.15, 0.2) is 0 Å². The van der Waals surface area contributed by atoms with E-state index in [9.17, 15) is 9.59 Å². The maximum Gasteiger partial charge on any atom is 0.316 e. The van der Waals surface area contributed by atoms with Crippen LogP contribution in [0.3, 0.4) is 0 Å². The summed E-state index contributed by atoms with van der Waals surface area (Å²) in [4.78, 5) is 23.8. The van der Waals surface area contributed by atoms with Crippen LogP contribution in [-0.4, -0.2) is 35.0 Å². The lowest BCUT2D eigenvalue weighted by molar-refractivity contribution is -0.147. The minimum Gasteiger partial charge on any atom is -0.481 e. The van der Waals surface area contributed by atoms with Gasteiger partial charge in [-0.15, -0.1) is 0 Å². The third kappa shape index (κ3) is 2.47. The molecule has 1 heterocycles. The molecule has 0 radical (unpaired) electrons. The molecule has 14 heavy (non-hydrogen) atoms. The maximum atomic E-state index is 11.5. The van der Waals surface area contributed by atoms with E-state index >= 15 is 0 Å². The predicted molar refractivity (Wildman–Crippen MR) is 51.8 cm³/mol. The fraction of sp³-hybridized carbons (Fsp3) is 0.800. The molecule has 1 aliphatic rings. The first-order chi connectivity index (χ1) is 6.66. The molecular weight excluding hydrogens is 182 g/mol. The Labute approximate surface area is 83.9 Å². The Kier molecular flexibility index (Phi) is 3.92. The molecule has 1 aliphatic heterocycles. The van der Waals surface area contributed by atoms with Crippen LogP contribution in [0, 0.1) is 5.92 Å². The normalized spacial score (nSPS) is 21.6. The van der Waals surface area contributed by atoms with Gasteiger partial charge in [-0.25, -0.2) is 0 Å². The van der Waals surface area contributed by atoms with E-state index in [-0.39, 0.29) is 5.91 Å². The highest BCUT2D eigenvalue weighted by atomic mass is 16.4. The van der Waals surface area contributed by atoms with Gasteiger partial charge >= 0.3 is 5.97 Å². The van der Waals surface area contributed by atoms with Crippen LogP contribution in [0.25, 0.3) is 0 Å². The number of unbranched alkanes of at least 4 members (excludes halogenated alkanes) is 2. The molecule has 4 nitrogen and oxygen atoms in total. The van der Waals surface area contributed by atoms with Gasteiger partial charge in [0.05, 0.1) is 0 Å². The minimum atomic E-state index is -0.979. The quantitative estimate of drug-likeness (QED) is 0.533. The Balaban J connectivity index is 2.36. The molecule has 1 unspecified atom stereocenters. The number of hydrogen-bond acceptors (Lipinski definition) is 2. The molecule has 0 spiro atoms. The number of carboxylic acids is 1. The van der Waals surface area contributed by atoms with Crippen LogP contribution in [0.4, 0.5) is 0 Å². The third-order valence-corrected chi connectivity index (χ3v) is 2.63. The summed E-state index contributed by atoms with van der Waals surface area (Å²) < 4.78 is 0. The van der Waals surface area contributed by atoms with E-state index in [1.807, 2.05) is 0 Å². The molecule has 0 aromatic carbocycles. The fourth-order valence-corrected chi connectivity index (χ4v) is 1.74. The third-order valence-electron chi connectivity index (χ3n) is 2.63. The molecule has 0 aromatic rings. The maximum absolute atomic E-state index is 11.5. The second-order valence-corrected chi connectivity index (χ2v) is 3.71. The number of aliphatic carboxylic acids is 1. The van der Waals surface area contributed by atoms with Crippen molar-refractivity contribution in [2.75, 3.05) is 13.1 Å². The number of hydrogen-bond donors (Lipinski definition) is 1. The van der Waals surface area contributed by atoms with Crippen molar-refractivity contribution >= 4 is 11.9 Å². The van der Waals surface area contributed by atoms with Crippen molar-refractivity contribution < 1.29 is 14.7 Å². The molecule has 1 atom stereocenters. The van der Waals surface area contributed by atoms with E-state index in [4.69, 9.17) is 5.11 Å². The van der Waals surface area contributed by atoms with Gasteiger partial charge in [0.25, 0.3) is 0 Å². The SMILES string of the molecule is CCCCCN1CCC(C(=O)O)C1=O. The minimum absolute atomic E-state index is 0.200. The first-order valence-corrected chi connectivity index (χ1v) is 5.18. The zero-order valence-corrected chi connectivity index (χ0v) is 8.53. The van der Waals surface area contributed by atoms with Crippen molar-refractivity contribution in [1.82, 2.24) is 4.90 Å². The van der Waals surface area contributed by atoms with Crippen LogP contribution in [0.5, 0.6) is 0 Å². The number of carbonyl (C=O) groups excluding carboxylic acids is 1. The van der Waals surface area contributed by atoms with E-state index in [0.717, 1.165) is 25.8 Å². The summed E-state index contributed by atoms with van der Waals surface area (Å²) >= 11 is 0. The summed E-state index contributed by atoms with van der Waals surface area (Å²) in [6.45, 7) is 3.43. The molecule has 1 N–H and O–H groups in total. The van der Waals surface area contributed by atoms with Crippen LogP contribution in [-0.2, 0) is 9.59 Å². The highest BCUT2D eigenvalue weighted by molar-refractivity contribution is 5.98. The van der Waals surface area contributed by atoms with Gasteiger partial charge in [0.15, 0.2) is 0 Å². The average molecular weight is 199 g/mol. The molecule has 1 saturated heterocycles. The summed E-state index contributed by atoms with van der Waals surface area (Å²) in [5, 5.41) is 8.73. The molecule has 1 amide bonds. The van der Waals surface area contributed by atoms with E-state index < -0.39 is 11.9 Å². The Morgan fingerprint density at radius 1 is 1.57 bits per heavy atom. The number of carbonyl (C=O) groups is 2. The van der Waals surface area contributed by atoms with Gasteiger partial charge in [-0.3, -0.25) is 9.59 Å². The van der Waals surface area contributed by atoms with Gasteiger partial charge in [-0.05, 0) is 12.8 Å². The molecule has 0 bridgehead atoms. The lowest BCUT2D eigenvalue weighted by atomic mass is 10.1. The number of rotatable bonds is 5. The number of carboxylic acid groups (broad SMARTS) is 1. The van der Waals surface area contributed by atoms with Crippen molar-refractivity contribution in [1.29, 1.82) is 0 Å². The molecular formula is C10H17NO3. The highest BCUT2D eigenvalue weighted by Gasteiger charge is 2.36. The van der Waals surface area contributed by atoms with E-state index in [2.05, 4.69) is 6.92 Å². The zero-order valence-electron chi connectivity index (χ0n) is 8.53. The number of amides is 1. The van der Waals surface area contributed by atoms with Gasteiger partial charge in [-0.2, -0.15) is 0 Å². The van der Waals surface area contributed by atoms with Crippen molar-refractivity contribution in [2.24, 2.45) is 5.92 Å². The highest BCUT2D eigenvalue weighted by Crippen LogP contribution is 2.18. The summed E-state index contributed by atoms with van der Waals surface area (Å²) in [5.74, 6) is -1.96. The van der Waals surface area contributed by atoms with Gasteiger partial charge in [0.2, 0.25) is 5.91 Å². The van der Waals surface area contributed by atoms with E-state index in [1.54, 1.807) is 4.90 Å². The topological polar surface area (TPSA) is 57.6 Å². The summed E-state index contributed by atoms with van der Waals surface area (Å²) in [5.41, 5.74) is 0. The first kappa shape index (κ1) is 11.0. The summed E-state index contributed by atoms with van der Waals surface area (Å²) in [6, 6.07) is 0. The summed E-state index contributed by atoms with van der Waals surface area (Å²) in [7, 11) is 0. The van der Waals surface area contributed by atoms with Crippen LogP contribution in [0.2, 0.25) is 0 Å². The molecule has 1 rings (SSSR count). The molecule has 1 fully saturated rings. The van der Waals surface area contributed by atoms with Crippen molar-refractivity contribution in [3.05, 3.63) is 0 Å². The van der Waals surface area contributed by atoms with E-state index in [0.29, 0.717) is 13.0 Å². The molecule has 0 aromatic heterocycles. The molecule has 0 aliphatic carbocycles. The number of nitrogens with zero attached hydrogens (tertiary/aromatic N) is 1. The van der Waals surface area contributed by atoms with Gasteiger partial charge in [-0.1, -0.05) is 19.8 Å². The Morgan fingerprint density at radius 3 is 2.79 bits per heavy atom. The number of likely N-dealkylation sites (tertiary alicyclic amines) is 1.